The molecule has 3 N–H and O–H groups in total. The van der Waals surface area contributed by atoms with Crippen LogP contribution in [-0.4, -0.2) is 33.9 Å². The fourth-order valence-corrected chi connectivity index (χ4v) is 4.51. The number of nitrogen functional groups attached to an aromatic ring is 1. The molecular formula is C23H22N6OS. The Morgan fingerprint density at radius 3 is 2.65 bits per heavy atom. The summed E-state index contributed by atoms with van der Waals surface area (Å²) in [5, 5.41) is 5.44. The number of nitrogens with zero attached hydrogens (tertiary/aromatic N) is 4. The van der Waals surface area contributed by atoms with Crippen LogP contribution in [0.15, 0.2) is 55.0 Å². The molecule has 1 aliphatic rings. The third-order valence-corrected chi connectivity index (χ3v) is 6.33. The van der Waals surface area contributed by atoms with E-state index in [9.17, 15) is 4.79 Å². The Labute approximate surface area is 184 Å². The molecule has 1 fully saturated rings. The van der Waals surface area contributed by atoms with Crippen molar-refractivity contribution in [1.29, 1.82) is 0 Å². The number of hydrogen-bond acceptors (Lipinski definition) is 7. The molecule has 1 amide bonds. The number of carbonyl (C=O) groups excluding carboxylic acids is 1. The highest BCUT2D eigenvalue weighted by atomic mass is 32.1. The van der Waals surface area contributed by atoms with Crippen LogP contribution in [0.4, 0.5) is 16.8 Å². The summed E-state index contributed by atoms with van der Waals surface area (Å²) < 4.78 is 0. The van der Waals surface area contributed by atoms with Crippen LogP contribution in [0.1, 0.15) is 29.6 Å². The molecule has 0 saturated carbocycles. The lowest BCUT2D eigenvalue weighted by Crippen LogP contribution is -2.30. The number of nitrogens with two attached hydrogens (primary N) is 1. The van der Waals surface area contributed by atoms with E-state index in [1.165, 1.54) is 17.8 Å². The van der Waals surface area contributed by atoms with Crippen molar-refractivity contribution >= 4 is 44.8 Å². The number of aromatic nitrogens is 3. The average molecular weight is 431 g/mol. The first kappa shape index (κ1) is 19.4. The number of rotatable bonds is 4. The third kappa shape index (κ3) is 4.20. The van der Waals surface area contributed by atoms with E-state index < -0.39 is 0 Å². The van der Waals surface area contributed by atoms with Gasteiger partial charge in [0.2, 0.25) is 0 Å². The zero-order chi connectivity index (χ0) is 21.2. The minimum absolute atomic E-state index is 0.195. The molecule has 0 radical (unpaired) electrons. The van der Waals surface area contributed by atoms with E-state index in [0.717, 1.165) is 53.0 Å². The van der Waals surface area contributed by atoms with E-state index in [2.05, 4.69) is 31.2 Å². The largest absolute Gasteiger partial charge is 0.375 e. The predicted octanol–water partition coefficient (Wildman–Crippen LogP) is 4.58. The fourth-order valence-electron chi connectivity index (χ4n) is 3.83. The van der Waals surface area contributed by atoms with Gasteiger partial charge in [-0.1, -0.05) is 23.5 Å². The highest BCUT2D eigenvalue weighted by Crippen LogP contribution is 2.30. The molecule has 0 unspecified atom stereocenters. The van der Waals surface area contributed by atoms with E-state index in [1.54, 1.807) is 24.7 Å². The number of thiazole rings is 1. The molecule has 0 spiro atoms. The van der Waals surface area contributed by atoms with E-state index in [0.29, 0.717) is 16.5 Å². The third-order valence-electron chi connectivity index (χ3n) is 5.46. The summed E-state index contributed by atoms with van der Waals surface area (Å²) in [5.74, 6) is 1.17. The Hall–Kier alpha value is -3.52. The van der Waals surface area contributed by atoms with Gasteiger partial charge in [-0.05, 0) is 54.5 Å². The van der Waals surface area contributed by atoms with Crippen molar-refractivity contribution in [2.45, 2.75) is 19.3 Å². The van der Waals surface area contributed by atoms with Gasteiger partial charge in [0.25, 0.3) is 5.91 Å². The zero-order valence-corrected chi connectivity index (χ0v) is 17.7. The molecule has 5 rings (SSSR count). The van der Waals surface area contributed by atoms with Crippen LogP contribution in [0.25, 0.3) is 21.2 Å². The normalized spacial score (nSPS) is 14.0. The summed E-state index contributed by atoms with van der Waals surface area (Å²) in [7, 11) is 0. The molecule has 8 heteroatoms. The van der Waals surface area contributed by atoms with Crippen molar-refractivity contribution in [3.05, 3.63) is 60.6 Å². The Morgan fingerprint density at radius 2 is 1.84 bits per heavy atom. The number of piperidine rings is 1. The van der Waals surface area contributed by atoms with E-state index >= 15 is 0 Å². The van der Waals surface area contributed by atoms with Crippen LogP contribution in [0.2, 0.25) is 0 Å². The van der Waals surface area contributed by atoms with Gasteiger partial charge < -0.3 is 16.0 Å². The second-order valence-electron chi connectivity index (χ2n) is 7.60. The highest BCUT2D eigenvalue weighted by molar-refractivity contribution is 7.18. The number of carbonyl (C=O) groups is 1. The minimum atomic E-state index is -0.195. The quantitative estimate of drug-likeness (QED) is 0.492. The zero-order valence-electron chi connectivity index (χ0n) is 16.9. The molecular weight excluding hydrogens is 408 g/mol. The summed E-state index contributed by atoms with van der Waals surface area (Å²) in [6.07, 6.45) is 8.81. The van der Waals surface area contributed by atoms with Gasteiger partial charge in [0.05, 0.1) is 4.88 Å². The topological polar surface area (TPSA) is 97.0 Å². The van der Waals surface area contributed by atoms with Crippen molar-refractivity contribution in [1.82, 2.24) is 15.0 Å². The van der Waals surface area contributed by atoms with Gasteiger partial charge in [0.1, 0.15) is 11.6 Å². The van der Waals surface area contributed by atoms with Crippen molar-refractivity contribution in [2.75, 3.05) is 29.0 Å². The van der Waals surface area contributed by atoms with Gasteiger partial charge in [0.15, 0.2) is 5.13 Å². The second kappa shape index (κ2) is 8.31. The Balaban J connectivity index is 1.37. The number of fused-ring (bicyclic) bond motifs is 1. The lowest BCUT2D eigenvalue weighted by molar-refractivity contribution is 0.102. The Kier molecular flexibility index (Phi) is 5.21. The molecule has 3 aromatic heterocycles. The number of anilines is 3. The molecule has 1 aliphatic heterocycles. The molecule has 0 aliphatic carbocycles. The fraction of sp³-hybridized carbons (Fsp3) is 0.217. The minimum Gasteiger partial charge on any atom is -0.375 e. The molecule has 1 saturated heterocycles. The summed E-state index contributed by atoms with van der Waals surface area (Å²) in [5.41, 5.74) is 7.37. The first-order chi connectivity index (χ1) is 15.2. The number of hydrogen-bond donors (Lipinski definition) is 2. The lowest BCUT2D eigenvalue weighted by Gasteiger charge is -2.27. The van der Waals surface area contributed by atoms with Gasteiger partial charge in [-0.3, -0.25) is 4.79 Å². The van der Waals surface area contributed by atoms with E-state index in [-0.39, 0.29) is 5.91 Å². The van der Waals surface area contributed by atoms with Crippen molar-refractivity contribution in [2.24, 2.45) is 0 Å². The monoisotopic (exact) mass is 430 g/mol. The van der Waals surface area contributed by atoms with Crippen LogP contribution < -0.4 is 16.0 Å². The maximum absolute atomic E-state index is 12.9. The summed E-state index contributed by atoms with van der Waals surface area (Å²) >= 11 is 1.45. The number of pyridine rings is 2. The number of benzene rings is 1. The highest BCUT2D eigenvalue weighted by Gasteiger charge is 2.15. The summed E-state index contributed by atoms with van der Waals surface area (Å²) in [6, 6.07) is 11.6. The standard InChI is InChI=1S/C23H22N6OS/c24-23-27-14-19(31-23)15-4-5-17-13-26-20(11-18(17)10-15)28-22(30)16-6-7-25-21(12-16)29-8-2-1-3-9-29/h4-7,10-14H,1-3,8-9H2,(H2,24,27)(H,26,28,30). The van der Waals surface area contributed by atoms with Gasteiger partial charge in [-0.25, -0.2) is 15.0 Å². The molecule has 156 valence electrons. The second-order valence-corrected chi connectivity index (χ2v) is 8.66. The smallest absolute Gasteiger partial charge is 0.257 e. The number of amides is 1. The molecule has 4 aromatic rings. The van der Waals surface area contributed by atoms with Crippen LogP contribution in [-0.2, 0) is 0 Å². The SMILES string of the molecule is Nc1ncc(-c2ccc3cnc(NC(=O)c4ccnc(N5CCCCC5)c4)cc3c2)s1. The van der Waals surface area contributed by atoms with Gasteiger partial charge in [-0.15, -0.1) is 0 Å². The molecule has 4 heterocycles. The summed E-state index contributed by atoms with van der Waals surface area (Å²) in [4.78, 5) is 29.1. The van der Waals surface area contributed by atoms with Crippen LogP contribution in [0, 0.1) is 0 Å². The van der Waals surface area contributed by atoms with E-state index in [4.69, 9.17) is 5.73 Å². The molecule has 0 bridgehead atoms. The maximum atomic E-state index is 12.9. The summed E-state index contributed by atoms with van der Waals surface area (Å²) in [6.45, 7) is 1.97. The van der Waals surface area contributed by atoms with Crippen LogP contribution in [0.3, 0.4) is 0 Å². The molecule has 1 aromatic carbocycles. The first-order valence-corrected chi connectivity index (χ1v) is 11.1. The lowest BCUT2D eigenvalue weighted by atomic mass is 10.1. The first-order valence-electron chi connectivity index (χ1n) is 10.3. The van der Waals surface area contributed by atoms with Crippen molar-refractivity contribution < 1.29 is 4.79 Å². The van der Waals surface area contributed by atoms with Crippen LogP contribution >= 0.6 is 11.3 Å². The average Bonchev–Trinajstić information content (AvgIpc) is 3.25. The van der Waals surface area contributed by atoms with Gasteiger partial charge in [0, 0.05) is 42.6 Å². The predicted molar refractivity (Wildman–Crippen MR) is 126 cm³/mol. The number of nitrogens with one attached hydrogen (secondary N) is 1. The van der Waals surface area contributed by atoms with E-state index in [1.807, 2.05) is 24.3 Å². The maximum Gasteiger partial charge on any atom is 0.257 e. The Bertz CT molecular complexity index is 1250. The van der Waals surface area contributed by atoms with Crippen LogP contribution in [0.5, 0.6) is 0 Å². The molecule has 7 nitrogen and oxygen atoms in total. The van der Waals surface area contributed by atoms with Gasteiger partial charge in [-0.2, -0.15) is 0 Å². The molecule has 0 atom stereocenters. The molecule has 31 heavy (non-hydrogen) atoms. The Morgan fingerprint density at radius 1 is 0.968 bits per heavy atom. The van der Waals surface area contributed by atoms with Crippen molar-refractivity contribution in [3.8, 4) is 10.4 Å². The van der Waals surface area contributed by atoms with Crippen molar-refractivity contribution in [3.63, 3.8) is 0 Å². The van der Waals surface area contributed by atoms with Gasteiger partial charge >= 0.3 is 0 Å².